The van der Waals surface area contributed by atoms with E-state index in [0.717, 1.165) is 11.1 Å². The summed E-state index contributed by atoms with van der Waals surface area (Å²) in [6.07, 6.45) is 0. The molecule has 0 heterocycles. The van der Waals surface area contributed by atoms with E-state index in [1.54, 1.807) is 0 Å². The van der Waals surface area contributed by atoms with E-state index in [1.807, 2.05) is 52.0 Å². The second-order valence-corrected chi connectivity index (χ2v) is 6.31. The first-order valence-corrected chi connectivity index (χ1v) is 7.53. The van der Waals surface area contributed by atoms with Crippen LogP contribution < -0.4 is 10.6 Å². The molecule has 0 fully saturated rings. The molecule has 0 aromatic heterocycles. The first-order chi connectivity index (χ1) is 10.7. The Balaban J connectivity index is 2.52. The van der Waals surface area contributed by atoms with Crippen LogP contribution in [0.5, 0.6) is 0 Å². The lowest BCUT2D eigenvalue weighted by Crippen LogP contribution is -2.49. The number of amides is 2. The van der Waals surface area contributed by atoms with E-state index in [9.17, 15) is 9.59 Å². The van der Waals surface area contributed by atoms with Gasteiger partial charge in [-0.1, -0.05) is 29.8 Å². The first kappa shape index (κ1) is 19.0. The van der Waals surface area contributed by atoms with Crippen LogP contribution in [0.3, 0.4) is 0 Å². The summed E-state index contributed by atoms with van der Waals surface area (Å²) >= 11 is 0. The molecule has 6 heteroatoms. The van der Waals surface area contributed by atoms with E-state index in [-0.39, 0.29) is 6.61 Å². The molecule has 0 bridgehead atoms. The van der Waals surface area contributed by atoms with Gasteiger partial charge in [-0.2, -0.15) is 0 Å². The molecule has 128 valence electrons. The van der Waals surface area contributed by atoms with Gasteiger partial charge in [0, 0.05) is 6.54 Å². The van der Waals surface area contributed by atoms with Crippen molar-refractivity contribution in [2.75, 3.05) is 13.7 Å². The summed E-state index contributed by atoms with van der Waals surface area (Å²) in [4.78, 5) is 23.7. The first-order valence-electron chi connectivity index (χ1n) is 7.53. The molecule has 0 saturated carbocycles. The summed E-state index contributed by atoms with van der Waals surface area (Å²) in [5.74, 6) is -0.542. The predicted octanol–water partition coefficient (Wildman–Crippen LogP) is 2.15. The minimum atomic E-state index is -0.850. The smallest absolute Gasteiger partial charge is 0.330 e. The second-order valence-electron chi connectivity index (χ2n) is 6.31. The lowest BCUT2D eigenvalue weighted by Gasteiger charge is -2.24. The number of methoxy groups -OCH3 is 1. The molecule has 6 nitrogen and oxygen atoms in total. The number of hydrogen-bond donors (Lipinski definition) is 2. The van der Waals surface area contributed by atoms with Crippen molar-refractivity contribution in [1.82, 2.24) is 10.6 Å². The van der Waals surface area contributed by atoms with Crippen LogP contribution in [-0.2, 0) is 20.8 Å². The highest BCUT2D eigenvalue weighted by Crippen LogP contribution is 2.08. The number of benzene rings is 1. The SMILES string of the molecule is COC(=O)C(COC(C)(C)C)NC(=O)NCc1ccc(C)cc1. The Kier molecular flexibility index (Phi) is 7.03. The Morgan fingerprint density at radius 2 is 1.78 bits per heavy atom. The largest absolute Gasteiger partial charge is 0.467 e. The van der Waals surface area contributed by atoms with E-state index >= 15 is 0 Å². The molecule has 23 heavy (non-hydrogen) atoms. The quantitative estimate of drug-likeness (QED) is 0.787. The maximum absolute atomic E-state index is 12.0. The topological polar surface area (TPSA) is 76.7 Å². The molecule has 0 radical (unpaired) electrons. The third kappa shape index (κ3) is 7.65. The number of hydrogen-bond acceptors (Lipinski definition) is 4. The average molecular weight is 322 g/mol. The Hall–Kier alpha value is -2.08. The van der Waals surface area contributed by atoms with Crippen LogP contribution in [0.15, 0.2) is 24.3 Å². The van der Waals surface area contributed by atoms with Gasteiger partial charge in [0.05, 0.1) is 19.3 Å². The van der Waals surface area contributed by atoms with Gasteiger partial charge in [0.25, 0.3) is 0 Å². The van der Waals surface area contributed by atoms with Crippen LogP contribution in [0.1, 0.15) is 31.9 Å². The highest BCUT2D eigenvalue weighted by molar-refractivity contribution is 5.83. The van der Waals surface area contributed by atoms with Crippen molar-refractivity contribution in [2.45, 2.75) is 45.9 Å². The van der Waals surface area contributed by atoms with Gasteiger partial charge in [-0.3, -0.25) is 0 Å². The lowest BCUT2D eigenvalue weighted by atomic mass is 10.1. The summed E-state index contributed by atoms with van der Waals surface area (Å²) < 4.78 is 10.2. The van der Waals surface area contributed by atoms with Crippen molar-refractivity contribution >= 4 is 12.0 Å². The summed E-state index contributed by atoms with van der Waals surface area (Å²) in [6.45, 7) is 8.05. The Labute approximate surface area is 137 Å². The molecule has 2 amide bonds. The predicted molar refractivity (Wildman–Crippen MR) is 88.1 cm³/mol. The zero-order valence-electron chi connectivity index (χ0n) is 14.4. The molecule has 0 aliphatic rings. The molecule has 1 unspecified atom stereocenters. The van der Waals surface area contributed by atoms with Crippen molar-refractivity contribution in [3.05, 3.63) is 35.4 Å². The molecule has 1 aromatic carbocycles. The maximum Gasteiger partial charge on any atom is 0.330 e. The van der Waals surface area contributed by atoms with Gasteiger partial charge < -0.3 is 20.1 Å². The van der Waals surface area contributed by atoms with Crippen LogP contribution in [0.25, 0.3) is 0 Å². The Bertz CT molecular complexity index is 520. The van der Waals surface area contributed by atoms with Crippen LogP contribution in [0, 0.1) is 6.92 Å². The summed E-state index contributed by atoms with van der Waals surface area (Å²) in [5, 5.41) is 5.28. The van der Waals surface area contributed by atoms with Crippen molar-refractivity contribution in [1.29, 1.82) is 0 Å². The van der Waals surface area contributed by atoms with Crippen molar-refractivity contribution in [3.8, 4) is 0 Å². The Morgan fingerprint density at radius 3 is 2.30 bits per heavy atom. The van der Waals surface area contributed by atoms with Crippen LogP contribution in [-0.4, -0.2) is 37.4 Å². The van der Waals surface area contributed by atoms with Crippen molar-refractivity contribution in [2.24, 2.45) is 0 Å². The van der Waals surface area contributed by atoms with Crippen molar-refractivity contribution in [3.63, 3.8) is 0 Å². The summed E-state index contributed by atoms with van der Waals surface area (Å²) in [5.41, 5.74) is 1.72. The number of esters is 1. The summed E-state index contributed by atoms with van der Waals surface area (Å²) in [7, 11) is 1.28. The molecule has 0 saturated heterocycles. The number of rotatable bonds is 6. The number of urea groups is 1. The standard InChI is InChI=1S/C17H26N2O4/c1-12-6-8-13(9-7-12)10-18-16(21)19-14(15(20)22-5)11-23-17(2,3)4/h6-9,14H,10-11H2,1-5H3,(H2,18,19,21). The molecule has 0 aliphatic carbocycles. The Morgan fingerprint density at radius 1 is 1.17 bits per heavy atom. The lowest BCUT2D eigenvalue weighted by molar-refractivity contribution is -0.145. The molecule has 2 N–H and O–H groups in total. The van der Waals surface area contributed by atoms with Gasteiger partial charge in [-0.15, -0.1) is 0 Å². The summed E-state index contributed by atoms with van der Waals surface area (Å²) in [6, 6.07) is 6.54. The second kappa shape index (κ2) is 8.53. The molecule has 0 spiro atoms. The van der Waals surface area contributed by atoms with Gasteiger partial charge in [0.15, 0.2) is 6.04 Å². The van der Waals surface area contributed by atoms with Gasteiger partial charge >= 0.3 is 12.0 Å². The monoisotopic (exact) mass is 322 g/mol. The van der Waals surface area contributed by atoms with Crippen LogP contribution in [0.4, 0.5) is 4.79 Å². The van der Waals surface area contributed by atoms with E-state index in [1.165, 1.54) is 7.11 Å². The molecular weight excluding hydrogens is 296 g/mol. The zero-order chi connectivity index (χ0) is 17.5. The van der Waals surface area contributed by atoms with Gasteiger partial charge in [-0.05, 0) is 33.3 Å². The fourth-order valence-corrected chi connectivity index (χ4v) is 1.74. The third-order valence-corrected chi connectivity index (χ3v) is 3.05. The molecule has 1 rings (SSSR count). The minimum absolute atomic E-state index is 0.0497. The fraction of sp³-hybridized carbons (Fsp3) is 0.529. The number of nitrogens with one attached hydrogen (secondary N) is 2. The number of ether oxygens (including phenoxy) is 2. The van der Waals surface area contributed by atoms with E-state index in [4.69, 9.17) is 9.47 Å². The van der Waals surface area contributed by atoms with E-state index in [2.05, 4.69) is 10.6 Å². The van der Waals surface area contributed by atoms with Gasteiger partial charge in [-0.25, -0.2) is 9.59 Å². The molecular formula is C17H26N2O4. The van der Waals surface area contributed by atoms with Crippen LogP contribution >= 0.6 is 0 Å². The molecule has 1 atom stereocenters. The van der Waals surface area contributed by atoms with Gasteiger partial charge in [0.2, 0.25) is 0 Å². The highest BCUT2D eigenvalue weighted by Gasteiger charge is 2.24. The number of carbonyl (C=O) groups excluding carboxylic acids is 2. The fourth-order valence-electron chi connectivity index (χ4n) is 1.74. The highest BCUT2D eigenvalue weighted by atomic mass is 16.5. The molecule has 0 aliphatic heterocycles. The minimum Gasteiger partial charge on any atom is -0.467 e. The third-order valence-electron chi connectivity index (χ3n) is 3.05. The average Bonchev–Trinajstić information content (AvgIpc) is 2.49. The number of carbonyl (C=O) groups is 2. The van der Waals surface area contributed by atoms with E-state index in [0.29, 0.717) is 6.54 Å². The van der Waals surface area contributed by atoms with Crippen molar-refractivity contribution < 1.29 is 19.1 Å². The number of aryl methyl sites for hydroxylation is 1. The maximum atomic E-state index is 12.0. The van der Waals surface area contributed by atoms with E-state index < -0.39 is 23.6 Å². The molecule has 1 aromatic rings. The normalized spacial score (nSPS) is 12.4. The van der Waals surface area contributed by atoms with Crippen LogP contribution in [0.2, 0.25) is 0 Å². The van der Waals surface area contributed by atoms with Gasteiger partial charge in [0.1, 0.15) is 0 Å². The zero-order valence-corrected chi connectivity index (χ0v) is 14.4.